The Balaban J connectivity index is 0.000000265. The lowest BCUT2D eigenvalue weighted by Crippen LogP contribution is -2.49. The van der Waals surface area contributed by atoms with Gasteiger partial charge in [0.25, 0.3) is 0 Å². The highest BCUT2D eigenvalue weighted by molar-refractivity contribution is 5.73. The number of ether oxygens (including phenoxy) is 1. The van der Waals surface area contributed by atoms with Gasteiger partial charge < -0.3 is 15.2 Å². The van der Waals surface area contributed by atoms with Crippen molar-refractivity contribution in [2.75, 3.05) is 13.1 Å². The first kappa shape index (κ1) is 14.2. The van der Waals surface area contributed by atoms with Gasteiger partial charge in [0.1, 0.15) is 0 Å². The highest BCUT2D eigenvalue weighted by atomic mass is 19.4. The molecule has 1 saturated heterocycles. The monoisotopic (exact) mass is 229 g/mol. The van der Waals surface area contributed by atoms with E-state index in [0.717, 1.165) is 13.1 Å². The Kier molecular flexibility index (Phi) is 5.59. The molecule has 0 atom stereocenters. The van der Waals surface area contributed by atoms with Crippen LogP contribution in [-0.4, -0.2) is 42.5 Å². The summed E-state index contributed by atoms with van der Waals surface area (Å²) in [6.07, 6.45) is -4.20. The summed E-state index contributed by atoms with van der Waals surface area (Å²) in [5, 5.41) is 10.3. The van der Waals surface area contributed by atoms with E-state index < -0.39 is 12.1 Å². The largest absolute Gasteiger partial charge is 0.490 e. The van der Waals surface area contributed by atoms with Crippen molar-refractivity contribution < 1.29 is 27.8 Å². The Labute approximate surface area is 85.4 Å². The fraction of sp³-hybridized carbons (Fsp3) is 0.875. The van der Waals surface area contributed by atoms with Crippen molar-refractivity contribution in [3.8, 4) is 0 Å². The first-order valence-corrected chi connectivity index (χ1v) is 4.39. The van der Waals surface area contributed by atoms with E-state index in [9.17, 15) is 13.2 Å². The zero-order valence-corrected chi connectivity index (χ0v) is 8.47. The molecule has 0 unspecified atom stereocenters. The summed E-state index contributed by atoms with van der Waals surface area (Å²) < 4.78 is 37.2. The third-order valence-corrected chi connectivity index (χ3v) is 1.45. The number of rotatable bonds is 2. The fourth-order valence-electron chi connectivity index (χ4n) is 0.743. The summed E-state index contributed by atoms with van der Waals surface area (Å²) in [5.41, 5.74) is 0. The van der Waals surface area contributed by atoms with Crippen LogP contribution in [0.25, 0.3) is 0 Å². The molecule has 0 amide bonds. The predicted molar refractivity (Wildman–Crippen MR) is 46.6 cm³/mol. The first-order valence-electron chi connectivity index (χ1n) is 4.39. The minimum absolute atomic E-state index is 0.391. The van der Waals surface area contributed by atoms with E-state index in [0.29, 0.717) is 12.2 Å². The van der Waals surface area contributed by atoms with Gasteiger partial charge in [-0.1, -0.05) is 0 Å². The molecule has 0 aromatic heterocycles. The molecule has 1 fully saturated rings. The maximum absolute atomic E-state index is 10.6. The second-order valence-electron chi connectivity index (χ2n) is 3.27. The van der Waals surface area contributed by atoms with Crippen molar-refractivity contribution in [1.29, 1.82) is 0 Å². The minimum Gasteiger partial charge on any atom is -0.475 e. The van der Waals surface area contributed by atoms with Crippen LogP contribution in [0.4, 0.5) is 13.2 Å². The number of aliphatic carboxylic acids is 1. The van der Waals surface area contributed by atoms with Gasteiger partial charge in [-0.25, -0.2) is 4.79 Å². The maximum atomic E-state index is 10.6. The zero-order chi connectivity index (χ0) is 12.1. The summed E-state index contributed by atoms with van der Waals surface area (Å²) in [5.74, 6) is -2.76. The van der Waals surface area contributed by atoms with Crippen molar-refractivity contribution in [2.24, 2.45) is 0 Å². The van der Waals surface area contributed by atoms with Gasteiger partial charge in [0, 0.05) is 13.1 Å². The predicted octanol–water partition coefficient (Wildman–Crippen LogP) is 1.02. The van der Waals surface area contributed by atoms with E-state index in [2.05, 4.69) is 19.2 Å². The summed E-state index contributed by atoms with van der Waals surface area (Å²) in [6, 6.07) is 0. The van der Waals surface area contributed by atoms with Crippen molar-refractivity contribution >= 4 is 5.97 Å². The van der Waals surface area contributed by atoms with Crippen molar-refractivity contribution in [1.82, 2.24) is 5.32 Å². The smallest absolute Gasteiger partial charge is 0.475 e. The average Bonchev–Trinajstić information content (AvgIpc) is 1.96. The van der Waals surface area contributed by atoms with Crippen LogP contribution in [0.3, 0.4) is 0 Å². The Bertz CT molecular complexity index is 202. The Morgan fingerprint density at radius 2 is 1.87 bits per heavy atom. The molecule has 0 aromatic carbocycles. The number of alkyl halides is 3. The van der Waals surface area contributed by atoms with Gasteiger partial charge in [-0.2, -0.15) is 13.2 Å². The molecule has 0 radical (unpaired) electrons. The average molecular weight is 229 g/mol. The lowest BCUT2D eigenvalue weighted by atomic mass is 10.2. The van der Waals surface area contributed by atoms with Gasteiger partial charge in [-0.05, 0) is 13.8 Å². The van der Waals surface area contributed by atoms with Gasteiger partial charge in [-0.15, -0.1) is 0 Å². The molecular weight excluding hydrogens is 215 g/mol. The number of hydrogen-bond acceptors (Lipinski definition) is 3. The number of carboxylic acid groups (broad SMARTS) is 1. The molecule has 2 N–H and O–H groups in total. The molecule has 1 rings (SSSR count). The van der Waals surface area contributed by atoms with Gasteiger partial charge in [0.15, 0.2) is 0 Å². The van der Waals surface area contributed by atoms with Crippen LogP contribution < -0.4 is 5.32 Å². The van der Waals surface area contributed by atoms with Gasteiger partial charge in [-0.3, -0.25) is 0 Å². The number of nitrogens with one attached hydrogen (secondary N) is 1. The van der Waals surface area contributed by atoms with Crippen LogP contribution in [0.1, 0.15) is 13.8 Å². The second-order valence-corrected chi connectivity index (χ2v) is 3.27. The Morgan fingerprint density at radius 1 is 1.47 bits per heavy atom. The summed E-state index contributed by atoms with van der Waals surface area (Å²) in [7, 11) is 0. The van der Waals surface area contributed by atoms with Crippen LogP contribution >= 0.6 is 0 Å². The maximum Gasteiger partial charge on any atom is 0.490 e. The molecule has 0 bridgehead atoms. The number of carbonyl (C=O) groups is 1. The standard InChI is InChI=1S/C6H13NO.C2HF3O2/c1-5(2)8-6-3-7-4-6;3-2(4,5)1(6)7/h5-7H,3-4H2,1-2H3;(H,6,7). The topological polar surface area (TPSA) is 58.6 Å². The third-order valence-electron chi connectivity index (χ3n) is 1.45. The van der Waals surface area contributed by atoms with E-state index in [1.807, 2.05) is 0 Å². The number of halogens is 3. The summed E-state index contributed by atoms with van der Waals surface area (Å²) >= 11 is 0. The number of carboxylic acids is 1. The molecule has 0 saturated carbocycles. The molecule has 15 heavy (non-hydrogen) atoms. The van der Waals surface area contributed by atoms with Crippen molar-refractivity contribution in [3.63, 3.8) is 0 Å². The lowest BCUT2D eigenvalue weighted by molar-refractivity contribution is -0.192. The van der Waals surface area contributed by atoms with E-state index in [1.54, 1.807) is 0 Å². The normalized spacial score (nSPS) is 16.7. The second kappa shape index (κ2) is 5.92. The van der Waals surface area contributed by atoms with Crippen molar-refractivity contribution in [2.45, 2.75) is 32.2 Å². The molecule has 0 aromatic rings. The molecule has 1 heterocycles. The molecule has 1 aliphatic rings. The van der Waals surface area contributed by atoms with Crippen LogP contribution in [0.15, 0.2) is 0 Å². The molecule has 7 heteroatoms. The highest BCUT2D eigenvalue weighted by Gasteiger charge is 2.38. The number of hydrogen-bond donors (Lipinski definition) is 2. The quantitative estimate of drug-likeness (QED) is 0.742. The molecule has 0 aliphatic carbocycles. The molecule has 1 aliphatic heterocycles. The van der Waals surface area contributed by atoms with E-state index in [4.69, 9.17) is 14.6 Å². The van der Waals surface area contributed by atoms with E-state index in [-0.39, 0.29) is 0 Å². The van der Waals surface area contributed by atoms with Crippen molar-refractivity contribution in [3.05, 3.63) is 0 Å². The molecule has 4 nitrogen and oxygen atoms in total. The molecule has 0 spiro atoms. The summed E-state index contributed by atoms with van der Waals surface area (Å²) in [4.78, 5) is 8.90. The Morgan fingerprint density at radius 3 is 1.93 bits per heavy atom. The Hall–Kier alpha value is -0.820. The van der Waals surface area contributed by atoms with E-state index >= 15 is 0 Å². The summed E-state index contributed by atoms with van der Waals surface area (Å²) in [6.45, 7) is 6.22. The van der Waals surface area contributed by atoms with E-state index in [1.165, 1.54) is 0 Å². The van der Waals surface area contributed by atoms with Gasteiger partial charge >= 0.3 is 12.1 Å². The van der Waals surface area contributed by atoms with Gasteiger partial charge in [0.05, 0.1) is 12.2 Å². The minimum atomic E-state index is -5.08. The lowest BCUT2D eigenvalue weighted by Gasteiger charge is -2.28. The SMILES string of the molecule is CC(C)OC1CNC1.O=C(O)C(F)(F)F. The zero-order valence-electron chi connectivity index (χ0n) is 8.47. The van der Waals surface area contributed by atoms with Crippen LogP contribution in [-0.2, 0) is 9.53 Å². The molecule has 90 valence electrons. The van der Waals surface area contributed by atoms with Gasteiger partial charge in [0.2, 0.25) is 0 Å². The van der Waals surface area contributed by atoms with Crippen LogP contribution in [0.5, 0.6) is 0 Å². The fourth-order valence-corrected chi connectivity index (χ4v) is 0.743. The van der Waals surface area contributed by atoms with Crippen LogP contribution in [0, 0.1) is 0 Å². The van der Waals surface area contributed by atoms with Crippen LogP contribution in [0.2, 0.25) is 0 Å². The molecular formula is C8H14F3NO3. The first-order chi connectivity index (χ1) is 6.73. The highest BCUT2D eigenvalue weighted by Crippen LogP contribution is 2.13. The third kappa shape index (κ3) is 7.15.